The Morgan fingerprint density at radius 3 is 2.81 bits per heavy atom. The minimum atomic E-state index is -0.444. The van der Waals surface area contributed by atoms with Crippen LogP contribution in [0.3, 0.4) is 0 Å². The van der Waals surface area contributed by atoms with Gasteiger partial charge >= 0.3 is 0 Å². The Kier molecular flexibility index (Phi) is 5.77. The summed E-state index contributed by atoms with van der Waals surface area (Å²) in [5, 5.41) is 3.78. The summed E-state index contributed by atoms with van der Waals surface area (Å²) in [5.41, 5.74) is 0.307. The van der Waals surface area contributed by atoms with E-state index >= 15 is 0 Å². The van der Waals surface area contributed by atoms with Crippen molar-refractivity contribution in [2.75, 3.05) is 11.9 Å². The standard InChI is InChI=1S/C11H12BrClFNO/c12-5-1-2-6-15-11(16)9-4-3-8(14)7-10(9)13/h3-4,7H,1-2,5-6H2,(H,15,16). The highest BCUT2D eigenvalue weighted by Crippen LogP contribution is 2.16. The van der Waals surface area contributed by atoms with Crippen molar-refractivity contribution in [3.63, 3.8) is 0 Å². The molecule has 1 aromatic carbocycles. The second-order valence-corrected chi connectivity index (χ2v) is 4.48. The summed E-state index contributed by atoms with van der Waals surface area (Å²) in [4.78, 5) is 11.6. The van der Waals surface area contributed by atoms with Crippen molar-refractivity contribution in [3.8, 4) is 0 Å². The zero-order chi connectivity index (χ0) is 12.0. The highest BCUT2D eigenvalue weighted by Gasteiger charge is 2.09. The second kappa shape index (κ2) is 6.86. The highest BCUT2D eigenvalue weighted by molar-refractivity contribution is 9.09. The first-order valence-electron chi connectivity index (χ1n) is 4.94. The number of carbonyl (C=O) groups is 1. The highest BCUT2D eigenvalue weighted by atomic mass is 79.9. The Hall–Kier alpha value is -0.610. The average molecular weight is 309 g/mol. The minimum Gasteiger partial charge on any atom is -0.352 e. The predicted molar refractivity (Wildman–Crippen MR) is 66.8 cm³/mol. The summed E-state index contributed by atoms with van der Waals surface area (Å²) in [6.07, 6.45) is 1.90. The molecule has 0 aromatic heterocycles. The van der Waals surface area contributed by atoms with Gasteiger partial charge in [0, 0.05) is 11.9 Å². The van der Waals surface area contributed by atoms with Crippen LogP contribution in [-0.4, -0.2) is 17.8 Å². The van der Waals surface area contributed by atoms with Gasteiger partial charge in [-0.1, -0.05) is 27.5 Å². The van der Waals surface area contributed by atoms with Gasteiger partial charge < -0.3 is 5.32 Å². The number of halogens is 3. The van der Waals surface area contributed by atoms with Crippen molar-refractivity contribution in [1.29, 1.82) is 0 Å². The zero-order valence-electron chi connectivity index (χ0n) is 8.60. The molecule has 88 valence electrons. The van der Waals surface area contributed by atoms with E-state index in [1.807, 2.05) is 0 Å². The molecule has 0 atom stereocenters. The number of carbonyl (C=O) groups excluding carboxylic acids is 1. The number of rotatable bonds is 5. The smallest absolute Gasteiger partial charge is 0.252 e. The van der Waals surface area contributed by atoms with Crippen LogP contribution in [0.2, 0.25) is 5.02 Å². The maximum absolute atomic E-state index is 12.7. The Balaban J connectivity index is 2.53. The lowest BCUT2D eigenvalue weighted by Gasteiger charge is -2.06. The van der Waals surface area contributed by atoms with Crippen LogP contribution in [-0.2, 0) is 0 Å². The molecule has 0 fully saturated rings. The van der Waals surface area contributed by atoms with Crippen molar-refractivity contribution in [2.45, 2.75) is 12.8 Å². The maximum atomic E-state index is 12.7. The molecule has 0 saturated carbocycles. The Bertz CT molecular complexity index is 373. The first-order chi connectivity index (χ1) is 7.65. The lowest BCUT2D eigenvalue weighted by molar-refractivity contribution is 0.0953. The fourth-order valence-corrected chi connectivity index (χ4v) is 1.84. The first kappa shape index (κ1) is 13.5. The van der Waals surface area contributed by atoms with E-state index in [1.165, 1.54) is 12.1 Å². The van der Waals surface area contributed by atoms with Crippen molar-refractivity contribution in [3.05, 3.63) is 34.6 Å². The molecule has 0 spiro atoms. The van der Waals surface area contributed by atoms with Gasteiger partial charge in [-0.2, -0.15) is 0 Å². The summed E-state index contributed by atoms with van der Waals surface area (Å²) in [7, 11) is 0. The third kappa shape index (κ3) is 4.10. The molecule has 1 N–H and O–H groups in total. The van der Waals surface area contributed by atoms with Gasteiger partial charge in [-0.05, 0) is 31.0 Å². The molecule has 16 heavy (non-hydrogen) atoms. The van der Waals surface area contributed by atoms with E-state index in [4.69, 9.17) is 11.6 Å². The van der Waals surface area contributed by atoms with Crippen LogP contribution in [0.1, 0.15) is 23.2 Å². The van der Waals surface area contributed by atoms with Gasteiger partial charge in [0.2, 0.25) is 0 Å². The van der Waals surface area contributed by atoms with Crippen LogP contribution < -0.4 is 5.32 Å². The molecule has 1 amide bonds. The summed E-state index contributed by atoms with van der Waals surface area (Å²) in [6, 6.07) is 3.74. The van der Waals surface area contributed by atoms with E-state index in [-0.39, 0.29) is 10.9 Å². The van der Waals surface area contributed by atoms with Gasteiger partial charge in [0.05, 0.1) is 10.6 Å². The number of nitrogens with one attached hydrogen (secondary N) is 1. The lowest BCUT2D eigenvalue weighted by Crippen LogP contribution is -2.24. The molecule has 0 heterocycles. The molecule has 0 aliphatic carbocycles. The van der Waals surface area contributed by atoms with Gasteiger partial charge in [-0.15, -0.1) is 0 Å². The Morgan fingerprint density at radius 1 is 1.44 bits per heavy atom. The summed E-state index contributed by atoms with van der Waals surface area (Å²) in [5.74, 6) is -0.708. The van der Waals surface area contributed by atoms with Crippen LogP contribution in [0.5, 0.6) is 0 Å². The number of alkyl halides is 1. The summed E-state index contributed by atoms with van der Waals surface area (Å²) < 4.78 is 12.7. The molecule has 2 nitrogen and oxygen atoms in total. The van der Waals surface area contributed by atoms with Crippen molar-refractivity contribution < 1.29 is 9.18 Å². The van der Waals surface area contributed by atoms with E-state index in [1.54, 1.807) is 0 Å². The van der Waals surface area contributed by atoms with Gasteiger partial charge in [0.1, 0.15) is 5.82 Å². The molecular formula is C11H12BrClFNO. The fourth-order valence-electron chi connectivity index (χ4n) is 1.19. The predicted octanol–water partition coefficient (Wildman–Crippen LogP) is 3.38. The number of benzene rings is 1. The van der Waals surface area contributed by atoms with E-state index in [9.17, 15) is 9.18 Å². The van der Waals surface area contributed by atoms with Gasteiger partial charge in [-0.25, -0.2) is 4.39 Å². The third-order valence-corrected chi connectivity index (χ3v) is 2.90. The Labute approximate surface area is 107 Å². The van der Waals surface area contributed by atoms with Gasteiger partial charge in [0.25, 0.3) is 5.91 Å². The van der Waals surface area contributed by atoms with E-state index in [0.29, 0.717) is 12.1 Å². The number of unbranched alkanes of at least 4 members (excludes halogenated alkanes) is 1. The SMILES string of the molecule is O=C(NCCCCBr)c1ccc(F)cc1Cl. The molecule has 0 aliphatic rings. The largest absolute Gasteiger partial charge is 0.352 e. The van der Waals surface area contributed by atoms with E-state index < -0.39 is 5.82 Å². The zero-order valence-corrected chi connectivity index (χ0v) is 10.9. The van der Waals surface area contributed by atoms with Crippen molar-refractivity contribution >= 4 is 33.4 Å². The van der Waals surface area contributed by atoms with Crippen molar-refractivity contribution in [2.24, 2.45) is 0 Å². The molecule has 0 radical (unpaired) electrons. The number of hydrogen-bond donors (Lipinski definition) is 1. The summed E-state index contributed by atoms with van der Waals surface area (Å²) in [6.45, 7) is 0.595. The molecule has 0 unspecified atom stereocenters. The van der Waals surface area contributed by atoms with Crippen LogP contribution >= 0.6 is 27.5 Å². The molecule has 0 aliphatic heterocycles. The number of hydrogen-bond acceptors (Lipinski definition) is 1. The minimum absolute atomic E-state index is 0.137. The van der Waals surface area contributed by atoms with Crippen LogP contribution in [0.4, 0.5) is 4.39 Å². The van der Waals surface area contributed by atoms with Gasteiger partial charge in [0.15, 0.2) is 0 Å². The molecule has 1 aromatic rings. The molecule has 1 rings (SSSR count). The summed E-state index contributed by atoms with van der Waals surface area (Å²) >= 11 is 9.06. The monoisotopic (exact) mass is 307 g/mol. The number of amides is 1. The Morgan fingerprint density at radius 2 is 2.19 bits per heavy atom. The second-order valence-electron chi connectivity index (χ2n) is 3.28. The molecule has 0 bridgehead atoms. The molecular weight excluding hydrogens is 296 g/mol. The van der Waals surface area contributed by atoms with Crippen molar-refractivity contribution in [1.82, 2.24) is 5.32 Å². The van der Waals surface area contributed by atoms with E-state index in [0.717, 1.165) is 24.2 Å². The fraction of sp³-hybridized carbons (Fsp3) is 0.364. The molecule has 0 saturated heterocycles. The lowest BCUT2D eigenvalue weighted by atomic mass is 10.2. The van der Waals surface area contributed by atoms with Gasteiger partial charge in [-0.3, -0.25) is 4.79 Å². The van der Waals surface area contributed by atoms with E-state index in [2.05, 4.69) is 21.2 Å². The normalized spacial score (nSPS) is 10.2. The van der Waals surface area contributed by atoms with Crippen LogP contribution in [0.15, 0.2) is 18.2 Å². The first-order valence-corrected chi connectivity index (χ1v) is 6.44. The quantitative estimate of drug-likeness (QED) is 0.656. The molecule has 5 heteroatoms. The average Bonchev–Trinajstić information content (AvgIpc) is 2.24. The topological polar surface area (TPSA) is 29.1 Å². The van der Waals surface area contributed by atoms with Crippen LogP contribution in [0, 0.1) is 5.82 Å². The third-order valence-electron chi connectivity index (χ3n) is 2.02. The van der Waals surface area contributed by atoms with Crippen LogP contribution in [0.25, 0.3) is 0 Å². The maximum Gasteiger partial charge on any atom is 0.252 e.